The first-order chi connectivity index (χ1) is 16.1. The molecule has 170 valence electrons. The Morgan fingerprint density at radius 1 is 1.00 bits per heavy atom. The maximum atomic E-state index is 13.7. The third-order valence-electron chi connectivity index (χ3n) is 5.88. The normalized spacial score (nSPS) is 11.2. The number of pyridine rings is 1. The van der Waals surface area contributed by atoms with Crippen LogP contribution in [-0.4, -0.2) is 59.0 Å². The molecule has 2 heterocycles. The van der Waals surface area contributed by atoms with Crippen LogP contribution in [0, 0.1) is 0 Å². The van der Waals surface area contributed by atoms with Gasteiger partial charge in [-0.3, -0.25) is 9.78 Å². The van der Waals surface area contributed by atoms with Crippen LogP contribution in [0.2, 0.25) is 0 Å². The fourth-order valence-corrected chi connectivity index (χ4v) is 4.06. The van der Waals surface area contributed by atoms with Crippen molar-refractivity contribution in [2.24, 2.45) is 0 Å². The molecule has 0 aliphatic carbocycles. The largest absolute Gasteiger partial charge is 0.497 e. The second-order valence-electron chi connectivity index (χ2n) is 8.10. The molecule has 0 bridgehead atoms. The van der Waals surface area contributed by atoms with Gasteiger partial charge in [0, 0.05) is 49.6 Å². The first-order valence-electron chi connectivity index (χ1n) is 11.2. The zero-order valence-corrected chi connectivity index (χ0v) is 19.4. The summed E-state index contributed by atoms with van der Waals surface area (Å²) in [7, 11) is 3.73. The maximum Gasteiger partial charge on any atom is 0.270 e. The summed E-state index contributed by atoms with van der Waals surface area (Å²) < 4.78 is 7.35. The highest BCUT2D eigenvalue weighted by molar-refractivity contribution is 6.00. The molecule has 0 radical (unpaired) electrons. The summed E-state index contributed by atoms with van der Waals surface area (Å²) in [4.78, 5) is 21.9. The molecular formula is C27H30N4O2. The fourth-order valence-electron chi connectivity index (χ4n) is 4.06. The summed E-state index contributed by atoms with van der Waals surface area (Å²) in [6, 6.07) is 21.9. The Balaban J connectivity index is 1.58. The van der Waals surface area contributed by atoms with Gasteiger partial charge in [-0.25, -0.2) is 0 Å². The van der Waals surface area contributed by atoms with Crippen molar-refractivity contribution in [3.63, 3.8) is 0 Å². The van der Waals surface area contributed by atoms with Crippen LogP contribution in [0.25, 0.3) is 16.6 Å². The Hall–Kier alpha value is -3.64. The number of fused-ring (bicyclic) bond motifs is 1. The minimum Gasteiger partial charge on any atom is -0.497 e. The van der Waals surface area contributed by atoms with E-state index in [0.717, 1.165) is 35.4 Å². The van der Waals surface area contributed by atoms with E-state index in [9.17, 15) is 4.79 Å². The van der Waals surface area contributed by atoms with Crippen molar-refractivity contribution < 1.29 is 9.53 Å². The van der Waals surface area contributed by atoms with E-state index in [0.29, 0.717) is 18.8 Å². The van der Waals surface area contributed by atoms with Crippen LogP contribution in [0.1, 0.15) is 23.0 Å². The molecule has 0 unspecified atom stereocenters. The number of likely N-dealkylation sites (N-methyl/N-ethyl adjacent to an activating group) is 2. The summed E-state index contributed by atoms with van der Waals surface area (Å²) in [6.07, 6.45) is 3.62. The van der Waals surface area contributed by atoms with Gasteiger partial charge in [-0.1, -0.05) is 18.2 Å². The van der Waals surface area contributed by atoms with Gasteiger partial charge in [0.05, 0.1) is 12.6 Å². The summed E-state index contributed by atoms with van der Waals surface area (Å²) in [5.41, 5.74) is 3.82. The average molecular weight is 443 g/mol. The van der Waals surface area contributed by atoms with E-state index < -0.39 is 0 Å². The highest BCUT2D eigenvalue weighted by Crippen LogP contribution is 2.26. The van der Waals surface area contributed by atoms with Crippen LogP contribution in [0.4, 0.5) is 0 Å². The number of hydrogen-bond donors (Lipinski definition) is 0. The van der Waals surface area contributed by atoms with Crippen LogP contribution in [0.5, 0.6) is 5.75 Å². The Morgan fingerprint density at radius 3 is 2.42 bits per heavy atom. The number of hydrogen-bond acceptors (Lipinski definition) is 4. The quantitative estimate of drug-likeness (QED) is 0.379. The molecule has 2 aromatic carbocycles. The van der Waals surface area contributed by atoms with E-state index in [-0.39, 0.29) is 5.91 Å². The van der Waals surface area contributed by atoms with Crippen LogP contribution in [0.15, 0.2) is 79.1 Å². The summed E-state index contributed by atoms with van der Waals surface area (Å²) in [5.74, 6) is 0.817. The lowest BCUT2D eigenvalue weighted by atomic mass is 10.2. The topological polar surface area (TPSA) is 50.6 Å². The van der Waals surface area contributed by atoms with Crippen molar-refractivity contribution >= 4 is 16.8 Å². The van der Waals surface area contributed by atoms with Crippen LogP contribution >= 0.6 is 0 Å². The van der Waals surface area contributed by atoms with Crippen LogP contribution < -0.4 is 4.74 Å². The zero-order valence-electron chi connectivity index (χ0n) is 19.4. The number of carbonyl (C=O) groups is 1. The molecule has 0 saturated carbocycles. The molecule has 0 atom stereocenters. The van der Waals surface area contributed by atoms with E-state index >= 15 is 0 Å². The lowest BCUT2D eigenvalue weighted by Crippen LogP contribution is -2.38. The minimum atomic E-state index is 0.0295. The predicted octanol–water partition coefficient (Wildman–Crippen LogP) is 4.63. The van der Waals surface area contributed by atoms with Gasteiger partial charge in [-0.05, 0) is 68.1 Å². The molecule has 0 saturated heterocycles. The molecule has 0 N–H and O–H groups in total. The van der Waals surface area contributed by atoms with E-state index in [1.165, 1.54) is 5.56 Å². The predicted molar refractivity (Wildman–Crippen MR) is 132 cm³/mol. The van der Waals surface area contributed by atoms with Gasteiger partial charge in [-0.15, -0.1) is 0 Å². The molecular weight excluding hydrogens is 412 g/mol. The molecule has 6 nitrogen and oxygen atoms in total. The van der Waals surface area contributed by atoms with Crippen molar-refractivity contribution in [2.45, 2.75) is 13.5 Å². The van der Waals surface area contributed by atoms with Gasteiger partial charge in [0.15, 0.2) is 0 Å². The second-order valence-corrected chi connectivity index (χ2v) is 8.10. The molecule has 0 aliphatic rings. The summed E-state index contributed by atoms with van der Waals surface area (Å²) in [6.45, 7) is 4.93. The standard InChI is InChI=1S/C27H30N4O2/c1-4-30(18-17-29(2)20-21-13-15-28-16-14-21)27(32)26-19-22-7-5-6-8-25(22)31(26)23-9-11-24(33-3)12-10-23/h5-16,19H,4,17-18,20H2,1-3H3. The van der Waals surface area contributed by atoms with Crippen molar-refractivity contribution in [1.82, 2.24) is 19.4 Å². The number of amides is 1. The number of methoxy groups -OCH3 is 1. The molecule has 0 fully saturated rings. The molecule has 0 aliphatic heterocycles. The lowest BCUT2D eigenvalue weighted by molar-refractivity contribution is 0.0741. The summed E-state index contributed by atoms with van der Waals surface area (Å²) in [5, 5.41) is 1.04. The Bertz CT molecular complexity index is 1200. The van der Waals surface area contributed by atoms with Gasteiger partial charge in [-0.2, -0.15) is 0 Å². The number of benzene rings is 2. The molecule has 6 heteroatoms. The van der Waals surface area contributed by atoms with Gasteiger partial charge < -0.3 is 19.1 Å². The number of carbonyl (C=O) groups excluding carboxylic acids is 1. The van der Waals surface area contributed by atoms with E-state index in [4.69, 9.17) is 4.74 Å². The Kier molecular flexibility index (Phi) is 7.05. The highest BCUT2D eigenvalue weighted by Gasteiger charge is 2.21. The second kappa shape index (κ2) is 10.3. The first kappa shape index (κ1) is 22.6. The van der Waals surface area contributed by atoms with Crippen molar-refractivity contribution in [3.05, 3.63) is 90.4 Å². The van der Waals surface area contributed by atoms with Crippen molar-refractivity contribution in [2.75, 3.05) is 33.8 Å². The van der Waals surface area contributed by atoms with E-state index in [2.05, 4.69) is 23.0 Å². The molecule has 33 heavy (non-hydrogen) atoms. The van der Waals surface area contributed by atoms with Gasteiger partial charge in [0.2, 0.25) is 0 Å². The molecule has 4 rings (SSSR count). The lowest BCUT2D eigenvalue weighted by Gasteiger charge is -2.25. The smallest absolute Gasteiger partial charge is 0.270 e. The van der Waals surface area contributed by atoms with Crippen molar-refractivity contribution in [3.8, 4) is 11.4 Å². The minimum absolute atomic E-state index is 0.0295. The van der Waals surface area contributed by atoms with Crippen LogP contribution in [-0.2, 0) is 6.54 Å². The summed E-state index contributed by atoms with van der Waals surface area (Å²) >= 11 is 0. The monoisotopic (exact) mass is 442 g/mol. The number of ether oxygens (including phenoxy) is 1. The number of nitrogens with zero attached hydrogens (tertiary/aromatic N) is 4. The molecule has 0 spiro atoms. The maximum absolute atomic E-state index is 13.7. The van der Waals surface area contributed by atoms with Gasteiger partial charge in [0.1, 0.15) is 11.4 Å². The third kappa shape index (κ3) is 5.07. The fraction of sp³-hybridized carbons (Fsp3) is 0.259. The van der Waals surface area contributed by atoms with E-state index in [1.807, 2.05) is 89.4 Å². The third-order valence-corrected chi connectivity index (χ3v) is 5.88. The number of aromatic nitrogens is 2. The molecule has 2 aromatic heterocycles. The Morgan fingerprint density at radius 2 is 1.73 bits per heavy atom. The van der Waals surface area contributed by atoms with Gasteiger partial charge >= 0.3 is 0 Å². The molecule has 4 aromatic rings. The van der Waals surface area contributed by atoms with Crippen molar-refractivity contribution in [1.29, 1.82) is 0 Å². The zero-order chi connectivity index (χ0) is 23.2. The SMILES string of the molecule is CCN(CCN(C)Cc1ccncc1)C(=O)c1cc2ccccc2n1-c1ccc(OC)cc1. The van der Waals surface area contributed by atoms with Gasteiger partial charge in [0.25, 0.3) is 5.91 Å². The number of rotatable bonds is 9. The highest BCUT2D eigenvalue weighted by atomic mass is 16.5. The van der Waals surface area contributed by atoms with Crippen LogP contribution in [0.3, 0.4) is 0 Å². The average Bonchev–Trinajstić information content (AvgIpc) is 3.24. The Labute approximate surface area is 195 Å². The van der Waals surface area contributed by atoms with E-state index in [1.54, 1.807) is 7.11 Å². The molecule has 1 amide bonds. The number of para-hydroxylation sites is 1. The first-order valence-corrected chi connectivity index (χ1v) is 11.2.